The molecular weight excluding hydrogens is 411 g/mol. The van der Waals surface area contributed by atoms with Crippen LogP contribution in [0, 0.1) is 11.7 Å². The minimum atomic E-state index is -1.20. The smallest absolute Gasteiger partial charge is 0.268 e. The van der Waals surface area contributed by atoms with E-state index in [-0.39, 0.29) is 24.3 Å². The molecule has 1 fully saturated rings. The molecule has 0 aliphatic carbocycles. The molecular formula is C22H22ClFN2O2S. The molecule has 2 heterocycles. The maximum absolute atomic E-state index is 14.2. The number of benzene rings is 2. The summed E-state index contributed by atoms with van der Waals surface area (Å²) in [4.78, 5) is 28.8. The number of halogens is 2. The van der Waals surface area contributed by atoms with Gasteiger partial charge in [-0.15, -0.1) is 11.8 Å². The van der Waals surface area contributed by atoms with Gasteiger partial charge in [-0.05, 0) is 35.7 Å². The van der Waals surface area contributed by atoms with E-state index in [2.05, 4.69) is 0 Å². The van der Waals surface area contributed by atoms with Crippen molar-refractivity contribution in [3.63, 3.8) is 0 Å². The van der Waals surface area contributed by atoms with Crippen LogP contribution in [0.15, 0.2) is 42.5 Å². The Morgan fingerprint density at radius 3 is 2.76 bits per heavy atom. The van der Waals surface area contributed by atoms with Crippen molar-refractivity contribution >= 4 is 40.9 Å². The van der Waals surface area contributed by atoms with Crippen LogP contribution in [0.3, 0.4) is 0 Å². The molecule has 1 atom stereocenters. The minimum Gasteiger partial charge on any atom is -0.315 e. The van der Waals surface area contributed by atoms with Crippen molar-refractivity contribution in [1.82, 2.24) is 4.90 Å². The van der Waals surface area contributed by atoms with Crippen molar-refractivity contribution in [2.24, 2.45) is 5.92 Å². The van der Waals surface area contributed by atoms with Gasteiger partial charge in [0.2, 0.25) is 5.91 Å². The second-order valence-electron chi connectivity index (χ2n) is 7.78. The van der Waals surface area contributed by atoms with Crippen molar-refractivity contribution in [1.29, 1.82) is 0 Å². The van der Waals surface area contributed by atoms with E-state index in [1.54, 1.807) is 21.9 Å². The van der Waals surface area contributed by atoms with Crippen molar-refractivity contribution in [3.05, 3.63) is 64.4 Å². The number of carbonyl (C=O) groups is 2. The van der Waals surface area contributed by atoms with E-state index in [0.29, 0.717) is 35.0 Å². The van der Waals surface area contributed by atoms with Gasteiger partial charge in [0.1, 0.15) is 5.82 Å². The summed E-state index contributed by atoms with van der Waals surface area (Å²) in [7, 11) is 0. The summed E-state index contributed by atoms with van der Waals surface area (Å²) in [5.41, 5.74) is 1.99. The van der Waals surface area contributed by atoms with Gasteiger partial charge in [-0.2, -0.15) is 0 Å². The number of carbonyl (C=O) groups excluding carboxylic acids is 2. The first kappa shape index (κ1) is 20.2. The summed E-state index contributed by atoms with van der Waals surface area (Å²) in [5, 5.41) is 0.566. The van der Waals surface area contributed by atoms with Crippen molar-refractivity contribution in [2.45, 2.75) is 31.7 Å². The van der Waals surface area contributed by atoms with Gasteiger partial charge in [-0.3, -0.25) is 9.59 Å². The lowest BCUT2D eigenvalue weighted by molar-refractivity contribution is -0.140. The van der Waals surface area contributed by atoms with Gasteiger partial charge in [0.05, 0.1) is 12.2 Å². The molecule has 29 heavy (non-hydrogen) atoms. The molecule has 0 unspecified atom stereocenters. The van der Waals surface area contributed by atoms with E-state index < -0.39 is 10.7 Å². The van der Waals surface area contributed by atoms with Crippen molar-refractivity contribution in [3.8, 4) is 0 Å². The molecule has 0 radical (unpaired) electrons. The normalized spacial score (nSPS) is 20.8. The van der Waals surface area contributed by atoms with Crippen LogP contribution in [0.25, 0.3) is 0 Å². The van der Waals surface area contributed by atoms with Crippen LogP contribution in [-0.4, -0.2) is 29.0 Å². The summed E-state index contributed by atoms with van der Waals surface area (Å²) >= 11 is 7.73. The molecule has 1 spiro atoms. The summed E-state index contributed by atoms with van der Waals surface area (Å²) in [6.07, 6.45) is 0.352. The highest BCUT2D eigenvalue weighted by molar-refractivity contribution is 8.01. The Morgan fingerprint density at radius 1 is 1.28 bits per heavy atom. The van der Waals surface area contributed by atoms with Gasteiger partial charge < -0.3 is 9.80 Å². The zero-order valence-corrected chi connectivity index (χ0v) is 17.9. The molecule has 4 nitrogen and oxygen atoms in total. The number of fused-ring (bicyclic) bond motifs is 2. The van der Waals surface area contributed by atoms with Crippen LogP contribution in [-0.2, 0) is 21.0 Å². The molecule has 7 heteroatoms. The topological polar surface area (TPSA) is 40.6 Å². The van der Waals surface area contributed by atoms with Gasteiger partial charge >= 0.3 is 0 Å². The van der Waals surface area contributed by atoms with E-state index in [1.807, 2.05) is 32.0 Å². The SMILES string of the molecule is CC(C)CC(=O)N1CCS[C@]12C(=O)N(Cc1ccccc1Cl)c1ccc(F)cc12. The largest absolute Gasteiger partial charge is 0.315 e. The van der Waals surface area contributed by atoms with Gasteiger partial charge in [0, 0.05) is 29.3 Å². The number of thioether (sulfide) groups is 1. The van der Waals surface area contributed by atoms with Gasteiger partial charge in [0.25, 0.3) is 5.91 Å². The van der Waals surface area contributed by atoms with Gasteiger partial charge in [-0.25, -0.2) is 4.39 Å². The molecule has 1 saturated heterocycles. The second-order valence-corrected chi connectivity index (χ2v) is 9.47. The Labute approximate surface area is 179 Å². The number of rotatable bonds is 4. The Bertz CT molecular complexity index is 983. The standard InChI is InChI=1S/C22H22ClFN2O2S/c1-14(2)11-20(27)26-9-10-29-22(26)17-12-16(24)7-8-19(17)25(21(22)28)13-15-5-3-4-6-18(15)23/h3-8,12,14H,9-11,13H2,1-2H3/t22-/m1/s1. The molecule has 4 rings (SSSR count). The van der Waals surface area contributed by atoms with E-state index in [4.69, 9.17) is 11.6 Å². The Balaban J connectivity index is 1.80. The van der Waals surface area contributed by atoms with Gasteiger partial charge in [0.15, 0.2) is 4.87 Å². The highest BCUT2D eigenvalue weighted by Gasteiger charge is 2.59. The fourth-order valence-corrected chi connectivity index (χ4v) is 5.72. The second kappa shape index (κ2) is 7.65. The molecule has 0 aromatic heterocycles. The number of hydrogen-bond acceptors (Lipinski definition) is 3. The molecule has 2 amide bonds. The van der Waals surface area contributed by atoms with E-state index >= 15 is 0 Å². The number of hydrogen-bond donors (Lipinski definition) is 0. The number of amides is 2. The van der Waals surface area contributed by atoms with Crippen molar-refractivity contribution < 1.29 is 14.0 Å². The first-order valence-corrected chi connectivity index (χ1v) is 11.0. The van der Waals surface area contributed by atoms with Crippen molar-refractivity contribution in [2.75, 3.05) is 17.2 Å². The molecule has 2 aliphatic rings. The van der Waals surface area contributed by atoms with Gasteiger partial charge in [-0.1, -0.05) is 43.6 Å². The summed E-state index contributed by atoms with van der Waals surface area (Å²) in [6.45, 7) is 4.69. The van der Waals surface area contributed by atoms with E-state index in [1.165, 1.54) is 23.9 Å². The summed E-state index contributed by atoms with van der Waals surface area (Å²) in [5.74, 6) is 0.101. The lowest BCUT2D eigenvalue weighted by Gasteiger charge is -2.33. The Hall–Kier alpha value is -2.05. The molecule has 2 aromatic rings. The maximum atomic E-state index is 14.2. The average Bonchev–Trinajstić information content (AvgIpc) is 3.20. The predicted octanol–water partition coefficient (Wildman–Crippen LogP) is 4.80. The molecule has 152 valence electrons. The highest BCUT2D eigenvalue weighted by Crippen LogP contribution is 2.54. The predicted molar refractivity (Wildman–Crippen MR) is 114 cm³/mol. The first-order chi connectivity index (χ1) is 13.8. The van der Waals surface area contributed by atoms with Crippen LogP contribution in [0.5, 0.6) is 0 Å². The number of anilines is 1. The van der Waals surface area contributed by atoms with Crippen LogP contribution in [0.4, 0.5) is 10.1 Å². The first-order valence-electron chi connectivity index (χ1n) is 9.64. The average molecular weight is 433 g/mol. The molecule has 0 bridgehead atoms. The Morgan fingerprint density at radius 2 is 2.03 bits per heavy atom. The fourth-order valence-electron chi connectivity index (χ4n) is 4.06. The minimum absolute atomic E-state index is 0.0758. The molecule has 2 aliphatic heterocycles. The lowest BCUT2D eigenvalue weighted by Crippen LogP contribution is -2.50. The Kier molecular flexibility index (Phi) is 5.34. The summed E-state index contributed by atoms with van der Waals surface area (Å²) in [6, 6.07) is 11.7. The zero-order chi connectivity index (χ0) is 20.8. The van der Waals surface area contributed by atoms with Crippen LogP contribution < -0.4 is 4.90 Å². The van der Waals surface area contributed by atoms with Crippen LogP contribution >= 0.6 is 23.4 Å². The van der Waals surface area contributed by atoms with Crippen LogP contribution in [0.2, 0.25) is 5.02 Å². The fraction of sp³-hybridized carbons (Fsp3) is 0.364. The summed E-state index contributed by atoms with van der Waals surface area (Å²) < 4.78 is 14.2. The monoisotopic (exact) mass is 432 g/mol. The molecule has 2 aromatic carbocycles. The molecule has 0 N–H and O–H groups in total. The molecule has 0 saturated carbocycles. The third kappa shape index (κ3) is 3.32. The van der Waals surface area contributed by atoms with E-state index in [0.717, 1.165) is 5.56 Å². The van der Waals surface area contributed by atoms with E-state index in [9.17, 15) is 14.0 Å². The quantitative estimate of drug-likeness (QED) is 0.696. The lowest BCUT2D eigenvalue weighted by atomic mass is 10.0. The van der Waals surface area contributed by atoms with Crippen LogP contribution in [0.1, 0.15) is 31.4 Å². The number of nitrogens with zero attached hydrogens (tertiary/aromatic N) is 2. The third-order valence-electron chi connectivity index (χ3n) is 5.33. The zero-order valence-electron chi connectivity index (χ0n) is 16.3. The maximum Gasteiger partial charge on any atom is 0.268 e. The third-order valence-corrected chi connectivity index (χ3v) is 7.11. The highest BCUT2D eigenvalue weighted by atomic mass is 35.5.